The van der Waals surface area contributed by atoms with Crippen LogP contribution in [0.5, 0.6) is 0 Å². The number of nitrogens with zero attached hydrogens (tertiary/aromatic N) is 4. The Morgan fingerprint density at radius 3 is 2.64 bits per heavy atom. The van der Waals surface area contributed by atoms with Gasteiger partial charge in [-0.25, -0.2) is 4.98 Å². The summed E-state index contributed by atoms with van der Waals surface area (Å²) in [6.45, 7) is 6.06. The Morgan fingerprint density at radius 2 is 1.86 bits per heavy atom. The normalized spacial score (nSPS) is 27.3. The number of hydrogen-bond donors (Lipinski definition) is 0. The zero-order valence-corrected chi connectivity index (χ0v) is 13.2. The molecule has 0 atom stereocenters. The highest BCUT2D eigenvalue weighted by molar-refractivity contribution is 5.50. The van der Waals surface area contributed by atoms with E-state index in [1.54, 1.807) is 0 Å². The molecule has 1 aliphatic carbocycles. The van der Waals surface area contributed by atoms with Crippen molar-refractivity contribution < 1.29 is 4.74 Å². The first-order chi connectivity index (χ1) is 10.8. The first kappa shape index (κ1) is 14.2. The molecule has 1 saturated heterocycles. The van der Waals surface area contributed by atoms with E-state index in [0.717, 1.165) is 43.6 Å². The third-order valence-corrected chi connectivity index (χ3v) is 5.30. The Morgan fingerprint density at radius 1 is 1.09 bits per heavy atom. The molecule has 3 heterocycles. The Kier molecular flexibility index (Phi) is 3.84. The summed E-state index contributed by atoms with van der Waals surface area (Å²) in [5.41, 5.74) is 2.20. The van der Waals surface area contributed by atoms with Crippen LogP contribution in [-0.4, -0.2) is 51.6 Å². The molecule has 0 amide bonds. The third kappa shape index (κ3) is 2.52. The zero-order chi connectivity index (χ0) is 14.9. The van der Waals surface area contributed by atoms with Gasteiger partial charge in [0.05, 0.1) is 30.6 Å². The smallest absolute Gasteiger partial charge is 0.116 e. The summed E-state index contributed by atoms with van der Waals surface area (Å²) in [5, 5.41) is 0. The molecule has 0 aromatic carbocycles. The van der Waals surface area contributed by atoms with Crippen LogP contribution < -0.4 is 0 Å². The van der Waals surface area contributed by atoms with Crippen molar-refractivity contribution in [3.63, 3.8) is 0 Å². The van der Waals surface area contributed by atoms with Crippen LogP contribution in [-0.2, 0) is 4.74 Å². The summed E-state index contributed by atoms with van der Waals surface area (Å²) < 4.78 is 7.71. The number of rotatable bonds is 2. The lowest BCUT2D eigenvalue weighted by atomic mass is 9.84. The van der Waals surface area contributed by atoms with E-state index < -0.39 is 0 Å². The molecule has 118 valence electrons. The van der Waals surface area contributed by atoms with Crippen molar-refractivity contribution in [3.8, 4) is 0 Å². The van der Waals surface area contributed by atoms with E-state index in [1.807, 2.05) is 12.4 Å². The molecule has 1 aliphatic heterocycles. The lowest BCUT2D eigenvalue weighted by Crippen LogP contribution is -2.44. The first-order valence-corrected chi connectivity index (χ1v) is 8.43. The highest BCUT2D eigenvalue weighted by atomic mass is 16.5. The largest absolute Gasteiger partial charge is 0.379 e. The van der Waals surface area contributed by atoms with E-state index in [2.05, 4.69) is 27.4 Å². The van der Waals surface area contributed by atoms with Crippen LogP contribution in [0.3, 0.4) is 0 Å². The maximum Gasteiger partial charge on any atom is 0.116 e. The van der Waals surface area contributed by atoms with Gasteiger partial charge >= 0.3 is 0 Å². The van der Waals surface area contributed by atoms with Crippen LogP contribution in [0.2, 0.25) is 0 Å². The summed E-state index contributed by atoms with van der Waals surface area (Å²) in [4.78, 5) is 11.7. The van der Waals surface area contributed by atoms with Crippen LogP contribution in [0.15, 0.2) is 18.6 Å². The van der Waals surface area contributed by atoms with Gasteiger partial charge in [0.2, 0.25) is 0 Å². The van der Waals surface area contributed by atoms with Crippen LogP contribution >= 0.6 is 0 Å². The minimum Gasteiger partial charge on any atom is -0.379 e. The highest BCUT2D eigenvalue weighted by Crippen LogP contribution is 2.34. The molecule has 0 unspecified atom stereocenters. The second-order valence-electron chi connectivity index (χ2n) is 6.54. The number of aromatic nitrogens is 3. The molecule has 2 aliphatic rings. The molecule has 0 bridgehead atoms. The average Bonchev–Trinajstić information content (AvgIpc) is 3.01. The van der Waals surface area contributed by atoms with Gasteiger partial charge in [0.25, 0.3) is 0 Å². The minimum atomic E-state index is 0.585. The zero-order valence-electron chi connectivity index (χ0n) is 13.2. The van der Waals surface area contributed by atoms with Gasteiger partial charge in [0, 0.05) is 37.4 Å². The van der Waals surface area contributed by atoms with Gasteiger partial charge in [-0.05, 0) is 32.6 Å². The molecule has 5 nitrogen and oxygen atoms in total. The quantitative estimate of drug-likeness (QED) is 0.854. The summed E-state index contributed by atoms with van der Waals surface area (Å²) in [7, 11) is 0. The predicted molar refractivity (Wildman–Crippen MR) is 85.1 cm³/mol. The van der Waals surface area contributed by atoms with Crippen LogP contribution in [0.1, 0.15) is 43.1 Å². The van der Waals surface area contributed by atoms with Gasteiger partial charge in [-0.2, -0.15) is 0 Å². The molecule has 1 saturated carbocycles. The fraction of sp³-hybridized carbons (Fsp3) is 0.647. The van der Waals surface area contributed by atoms with Gasteiger partial charge in [0.1, 0.15) is 5.82 Å². The summed E-state index contributed by atoms with van der Waals surface area (Å²) in [6.07, 6.45) is 11.0. The van der Waals surface area contributed by atoms with Gasteiger partial charge in [0.15, 0.2) is 0 Å². The monoisotopic (exact) mass is 300 g/mol. The molecule has 4 rings (SSSR count). The van der Waals surface area contributed by atoms with Gasteiger partial charge in [-0.15, -0.1) is 0 Å². The number of ether oxygens (including phenoxy) is 1. The van der Waals surface area contributed by atoms with Crippen molar-refractivity contribution in [3.05, 3.63) is 30.1 Å². The summed E-state index contributed by atoms with van der Waals surface area (Å²) in [5.74, 6) is 1.81. The van der Waals surface area contributed by atoms with Crippen LogP contribution in [0.25, 0.3) is 5.52 Å². The number of hydrogen-bond acceptors (Lipinski definition) is 4. The fourth-order valence-corrected chi connectivity index (χ4v) is 4.02. The Labute approximate surface area is 131 Å². The predicted octanol–water partition coefficient (Wildman–Crippen LogP) is 2.40. The van der Waals surface area contributed by atoms with Gasteiger partial charge in [-0.1, -0.05) is 0 Å². The van der Waals surface area contributed by atoms with Gasteiger partial charge < -0.3 is 9.14 Å². The second-order valence-corrected chi connectivity index (χ2v) is 6.54. The molecule has 0 radical (unpaired) electrons. The van der Waals surface area contributed by atoms with E-state index in [-0.39, 0.29) is 0 Å². The van der Waals surface area contributed by atoms with Crippen molar-refractivity contribution >= 4 is 5.52 Å². The Bertz CT molecular complexity index is 639. The molecular formula is C17H24N4O. The fourth-order valence-electron chi connectivity index (χ4n) is 4.02. The minimum absolute atomic E-state index is 0.585. The molecule has 5 heteroatoms. The third-order valence-electron chi connectivity index (χ3n) is 5.30. The lowest BCUT2D eigenvalue weighted by molar-refractivity contribution is 0.00710. The van der Waals surface area contributed by atoms with Crippen molar-refractivity contribution in [2.75, 3.05) is 26.3 Å². The molecule has 0 spiro atoms. The highest BCUT2D eigenvalue weighted by Gasteiger charge is 2.29. The topological polar surface area (TPSA) is 42.7 Å². The van der Waals surface area contributed by atoms with Crippen LogP contribution in [0.4, 0.5) is 0 Å². The summed E-state index contributed by atoms with van der Waals surface area (Å²) in [6, 6.07) is 0.745. The summed E-state index contributed by atoms with van der Waals surface area (Å²) >= 11 is 0. The molecular weight excluding hydrogens is 276 g/mol. The van der Waals surface area contributed by atoms with Crippen LogP contribution in [0, 0.1) is 6.92 Å². The lowest BCUT2D eigenvalue weighted by Gasteiger charge is -2.38. The van der Waals surface area contributed by atoms with Gasteiger partial charge in [-0.3, -0.25) is 9.88 Å². The molecule has 2 aromatic rings. The van der Waals surface area contributed by atoms with E-state index in [9.17, 15) is 0 Å². The first-order valence-electron chi connectivity index (χ1n) is 8.43. The van der Waals surface area contributed by atoms with Crippen molar-refractivity contribution in [2.24, 2.45) is 0 Å². The molecule has 22 heavy (non-hydrogen) atoms. The molecule has 2 fully saturated rings. The second kappa shape index (κ2) is 5.97. The van der Waals surface area contributed by atoms with E-state index in [4.69, 9.17) is 9.72 Å². The molecule has 0 N–H and O–H groups in total. The Hall–Kier alpha value is -1.46. The van der Waals surface area contributed by atoms with Crippen molar-refractivity contribution in [1.29, 1.82) is 0 Å². The maximum atomic E-state index is 5.47. The van der Waals surface area contributed by atoms with E-state index >= 15 is 0 Å². The maximum absolute atomic E-state index is 5.47. The van der Waals surface area contributed by atoms with E-state index in [1.165, 1.54) is 31.5 Å². The number of imidazole rings is 1. The van der Waals surface area contributed by atoms with Crippen molar-refractivity contribution in [1.82, 2.24) is 19.3 Å². The van der Waals surface area contributed by atoms with E-state index in [0.29, 0.717) is 5.92 Å². The number of aryl methyl sites for hydroxylation is 1. The average molecular weight is 300 g/mol. The van der Waals surface area contributed by atoms with Crippen molar-refractivity contribution in [2.45, 2.75) is 44.6 Å². The number of fused-ring (bicyclic) bond motifs is 1. The Balaban J connectivity index is 1.47. The standard InChI is InChI=1S/C17H24N4O/c1-13-16-12-19-17(21(16)7-6-18-13)14-2-4-15(5-3-14)20-8-10-22-11-9-20/h6-7,12,14-15H,2-5,8-11H2,1H3/t14-,15-. The number of morpholine rings is 1. The SMILES string of the molecule is Cc1nccn2c1cnc2[C@H]1CC[C@H](N2CCOCC2)CC1. The molecule has 2 aromatic heterocycles.